The fourth-order valence-corrected chi connectivity index (χ4v) is 2.12. The number of benzene rings is 2. The average Bonchev–Trinajstić information content (AvgIpc) is 2.55. The highest BCUT2D eigenvalue weighted by Crippen LogP contribution is 2.15. The van der Waals surface area contributed by atoms with Gasteiger partial charge in [-0.1, -0.05) is 42.5 Å². The number of urea groups is 1. The molecular formula is C17H21N3O. The Bertz CT molecular complexity index is 566. The van der Waals surface area contributed by atoms with Crippen LogP contribution in [-0.2, 0) is 13.1 Å². The van der Waals surface area contributed by atoms with E-state index in [0.29, 0.717) is 19.6 Å². The van der Waals surface area contributed by atoms with E-state index in [1.807, 2.05) is 61.5 Å². The summed E-state index contributed by atoms with van der Waals surface area (Å²) in [6, 6.07) is 17.5. The van der Waals surface area contributed by atoms with Gasteiger partial charge in [-0.25, -0.2) is 4.79 Å². The first-order chi connectivity index (χ1) is 10.2. The zero-order chi connectivity index (χ0) is 15.1. The summed E-state index contributed by atoms with van der Waals surface area (Å²) in [4.78, 5) is 14.0. The van der Waals surface area contributed by atoms with Gasteiger partial charge in [0.15, 0.2) is 0 Å². The Morgan fingerprint density at radius 3 is 2.29 bits per heavy atom. The van der Waals surface area contributed by atoms with E-state index in [1.54, 1.807) is 4.90 Å². The summed E-state index contributed by atoms with van der Waals surface area (Å²) in [5.74, 6) is 0. The van der Waals surface area contributed by atoms with E-state index in [9.17, 15) is 4.79 Å². The maximum atomic E-state index is 12.3. The second-order valence-corrected chi connectivity index (χ2v) is 4.76. The zero-order valence-electron chi connectivity index (χ0n) is 12.3. The van der Waals surface area contributed by atoms with Gasteiger partial charge in [0.05, 0.1) is 0 Å². The molecule has 4 heteroatoms. The van der Waals surface area contributed by atoms with Gasteiger partial charge in [-0.3, -0.25) is 4.90 Å². The second kappa shape index (κ2) is 7.45. The van der Waals surface area contributed by atoms with Crippen LogP contribution in [0.3, 0.4) is 0 Å². The largest absolute Gasteiger partial charge is 0.334 e. The van der Waals surface area contributed by atoms with E-state index >= 15 is 0 Å². The van der Waals surface area contributed by atoms with Gasteiger partial charge in [0, 0.05) is 25.3 Å². The van der Waals surface area contributed by atoms with Gasteiger partial charge in [-0.15, -0.1) is 0 Å². The van der Waals surface area contributed by atoms with Crippen LogP contribution in [0.4, 0.5) is 10.5 Å². The SMILES string of the molecule is CCN(C(=O)NCc1ccccc1)c1ccc(CN)cc1. The lowest BCUT2D eigenvalue weighted by molar-refractivity contribution is 0.246. The summed E-state index contributed by atoms with van der Waals surface area (Å²) in [5, 5.41) is 2.94. The molecule has 4 nitrogen and oxygen atoms in total. The van der Waals surface area contributed by atoms with Crippen LogP contribution in [0.15, 0.2) is 54.6 Å². The Kier molecular flexibility index (Phi) is 5.35. The molecule has 0 heterocycles. The van der Waals surface area contributed by atoms with E-state index in [2.05, 4.69) is 5.32 Å². The highest BCUT2D eigenvalue weighted by molar-refractivity contribution is 5.91. The average molecular weight is 283 g/mol. The molecule has 0 aliphatic rings. The Labute approximate surface area is 125 Å². The minimum Gasteiger partial charge on any atom is -0.334 e. The monoisotopic (exact) mass is 283 g/mol. The summed E-state index contributed by atoms with van der Waals surface area (Å²) in [7, 11) is 0. The maximum absolute atomic E-state index is 12.3. The summed E-state index contributed by atoms with van der Waals surface area (Å²) >= 11 is 0. The van der Waals surface area contributed by atoms with Crippen LogP contribution >= 0.6 is 0 Å². The third kappa shape index (κ3) is 4.07. The Morgan fingerprint density at radius 1 is 1.05 bits per heavy atom. The Balaban J connectivity index is 2.00. The van der Waals surface area contributed by atoms with Gasteiger partial charge >= 0.3 is 6.03 Å². The number of carbonyl (C=O) groups is 1. The lowest BCUT2D eigenvalue weighted by atomic mass is 10.2. The van der Waals surface area contributed by atoms with Crippen molar-refractivity contribution in [2.75, 3.05) is 11.4 Å². The van der Waals surface area contributed by atoms with E-state index in [0.717, 1.165) is 16.8 Å². The summed E-state index contributed by atoms with van der Waals surface area (Å²) < 4.78 is 0. The van der Waals surface area contributed by atoms with Crippen LogP contribution < -0.4 is 16.0 Å². The number of nitrogens with zero attached hydrogens (tertiary/aromatic N) is 1. The lowest BCUT2D eigenvalue weighted by Gasteiger charge is -2.21. The molecule has 0 aliphatic carbocycles. The molecular weight excluding hydrogens is 262 g/mol. The number of hydrogen-bond acceptors (Lipinski definition) is 2. The van der Waals surface area contributed by atoms with Gasteiger partial charge in [0.1, 0.15) is 0 Å². The minimum atomic E-state index is -0.0955. The zero-order valence-corrected chi connectivity index (χ0v) is 12.3. The molecule has 0 bridgehead atoms. The predicted octanol–water partition coefficient (Wildman–Crippen LogP) is 2.88. The second-order valence-electron chi connectivity index (χ2n) is 4.76. The molecule has 2 rings (SSSR count). The van der Waals surface area contributed by atoms with E-state index in [1.165, 1.54) is 0 Å². The van der Waals surface area contributed by atoms with Crippen molar-refractivity contribution in [3.05, 3.63) is 65.7 Å². The molecule has 21 heavy (non-hydrogen) atoms. The fourth-order valence-electron chi connectivity index (χ4n) is 2.12. The first-order valence-corrected chi connectivity index (χ1v) is 7.13. The van der Waals surface area contributed by atoms with Gasteiger partial charge in [-0.05, 0) is 30.2 Å². The first-order valence-electron chi connectivity index (χ1n) is 7.13. The standard InChI is InChI=1S/C17H21N3O/c1-2-20(16-10-8-14(12-18)9-11-16)17(21)19-13-15-6-4-3-5-7-15/h3-11H,2,12-13,18H2,1H3,(H,19,21). The van der Waals surface area contributed by atoms with Crippen molar-refractivity contribution < 1.29 is 4.79 Å². The van der Waals surface area contributed by atoms with Gasteiger partial charge < -0.3 is 11.1 Å². The van der Waals surface area contributed by atoms with E-state index < -0.39 is 0 Å². The maximum Gasteiger partial charge on any atom is 0.322 e. The number of anilines is 1. The van der Waals surface area contributed by atoms with Crippen LogP contribution in [0.1, 0.15) is 18.1 Å². The molecule has 2 amide bonds. The molecule has 0 saturated heterocycles. The van der Waals surface area contributed by atoms with Crippen molar-refractivity contribution in [1.82, 2.24) is 5.32 Å². The van der Waals surface area contributed by atoms with Crippen molar-refractivity contribution in [2.24, 2.45) is 5.73 Å². The van der Waals surface area contributed by atoms with E-state index in [-0.39, 0.29) is 6.03 Å². The molecule has 0 fully saturated rings. The van der Waals surface area contributed by atoms with Crippen molar-refractivity contribution in [3.8, 4) is 0 Å². The third-order valence-electron chi connectivity index (χ3n) is 3.33. The minimum absolute atomic E-state index is 0.0955. The molecule has 3 N–H and O–H groups in total. The number of amides is 2. The number of carbonyl (C=O) groups excluding carboxylic acids is 1. The van der Waals surface area contributed by atoms with Gasteiger partial charge in [0.2, 0.25) is 0 Å². The molecule has 0 saturated carbocycles. The molecule has 2 aromatic carbocycles. The van der Waals surface area contributed by atoms with Crippen LogP contribution in [0.5, 0.6) is 0 Å². The Morgan fingerprint density at radius 2 is 1.71 bits per heavy atom. The molecule has 0 atom stereocenters. The van der Waals surface area contributed by atoms with Crippen molar-refractivity contribution in [1.29, 1.82) is 0 Å². The van der Waals surface area contributed by atoms with Crippen LogP contribution in [0.25, 0.3) is 0 Å². The smallest absolute Gasteiger partial charge is 0.322 e. The van der Waals surface area contributed by atoms with Crippen molar-refractivity contribution in [2.45, 2.75) is 20.0 Å². The van der Waals surface area contributed by atoms with Crippen molar-refractivity contribution >= 4 is 11.7 Å². The lowest BCUT2D eigenvalue weighted by Crippen LogP contribution is -2.39. The molecule has 0 aliphatic heterocycles. The number of nitrogens with two attached hydrogens (primary N) is 1. The topological polar surface area (TPSA) is 58.4 Å². The molecule has 0 aromatic heterocycles. The number of hydrogen-bond donors (Lipinski definition) is 2. The fraction of sp³-hybridized carbons (Fsp3) is 0.235. The first kappa shape index (κ1) is 15.1. The molecule has 2 aromatic rings. The highest BCUT2D eigenvalue weighted by Gasteiger charge is 2.13. The number of rotatable bonds is 5. The summed E-state index contributed by atoms with van der Waals surface area (Å²) in [5.41, 5.74) is 8.60. The normalized spacial score (nSPS) is 10.2. The third-order valence-corrected chi connectivity index (χ3v) is 3.33. The van der Waals surface area contributed by atoms with Crippen LogP contribution in [0.2, 0.25) is 0 Å². The summed E-state index contributed by atoms with van der Waals surface area (Å²) in [6.45, 7) is 3.60. The Hall–Kier alpha value is -2.33. The number of nitrogens with one attached hydrogen (secondary N) is 1. The molecule has 0 spiro atoms. The van der Waals surface area contributed by atoms with E-state index in [4.69, 9.17) is 5.73 Å². The summed E-state index contributed by atoms with van der Waals surface area (Å²) in [6.07, 6.45) is 0. The quantitative estimate of drug-likeness (QED) is 0.886. The highest BCUT2D eigenvalue weighted by atomic mass is 16.2. The predicted molar refractivity (Wildman–Crippen MR) is 86.0 cm³/mol. The van der Waals surface area contributed by atoms with Gasteiger partial charge in [0.25, 0.3) is 0 Å². The van der Waals surface area contributed by atoms with Crippen LogP contribution in [-0.4, -0.2) is 12.6 Å². The molecule has 110 valence electrons. The molecule has 0 radical (unpaired) electrons. The van der Waals surface area contributed by atoms with Gasteiger partial charge in [-0.2, -0.15) is 0 Å². The van der Waals surface area contributed by atoms with Crippen molar-refractivity contribution in [3.63, 3.8) is 0 Å². The molecule has 0 unspecified atom stereocenters. The van der Waals surface area contributed by atoms with Crippen LogP contribution in [0, 0.1) is 0 Å².